The molecule has 1 atom stereocenters. The lowest BCUT2D eigenvalue weighted by molar-refractivity contribution is -0.125. The summed E-state index contributed by atoms with van der Waals surface area (Å²) < 4.78 is 0. The van der Waals surface area contributed by atoms with E-state index in [1.165, 1.54) is 11.3 Å². The molecule has 0 unspecified atom stereocenters. The van der Waals surface area contributed by atoms with Gasteiger partial charge < -0.3 is 16.4 Å². The summed E-state index contributed by atoms with van der Waals surface area (Å²) in [5, 5.41) is 8.55. The Morgan fingerprint density at radius 2 is 1.96 bits per heavy atom. The van der Waals surface area contributed by atoms with Gasteiger partial charge >= 0.3 is 0 Å². The lowest BCUT2D eigenvalue weighted by Gasteiger charge is -2.14. The summed E-state index contributed by atoms with van der Waals surface area (Å²) in [6.45, 7) is 7.45. The minimum Gasteiger partial charge on any atom is -0.346 e. The van der Waals surface area contributed by atoms with Crippen LogP contribution in [-0.2, 0) is 9.59 Å². The van der Waals surface area contributed by atoms with Gasteiger partial charge in [0, 0.05) is 5.38 Å². The Labute approximate surface area is 160 Å². The maximum Gasteiger partial charge on any atom is 0.245 e. The second-order valence-electron chi connectivity index (χ2n) is 5.72. The maximum absolute atomic E-state index is 11.9. The van der Waals surface area contributed by atoms with Crippen LogP contribution in [0.2, 0.25) is 0 Å². The Kier molecular flexibility index (Phi) is 7.94. The summed E-state index contributed by atoms with van der Waals surface area (Å²) in [6.07, 6.45) is 0. The van der Waals surface area contributed by atoms with Crippen molar-refractivity contribution in [2.45, 2.75) is 33.7 Å². The smallest absolute Gasteiger partial charge is 0.245 e. The molecule has 4 N–H and O–H groups in total. The number of aryl methyl sites for hydroxylation is 2. The Hall–Kier alpha value is -1.55. The number of nitrogens with one attached hydrogen (secondary N) is 2. The van der Waals surface area contributed by atoms with Crippen molar-refractivity contribution >= 4 is 52.0 Å². The zero-order valence-electron chi connectivity index (χ0n) is 14.5. The van der Waals surface area contributed by atoms with E-state index in [1.807, 2.05) is 33.1 Å². The van der Waals surface area contributed by atoms with Crippen molar-refractivity contribution in [3.8, 4) is 10.6 Å². The molecule has 0 radical (unpaired) electrons. The molecule has 2 heterocycles. The fraction of sp³-hybridized carbons (Fsp3) is 0.467. The van der Waals surface area contributed by atoms with Crippen LogP contribution in [-0.4, -0.2) is 34.4 Å². The summed E-state index contributed by atoms with van der Waals surface area (Å²) in [5.41, 5.74) is 7.45. The van der Waals surface area contributed by atoms with Crippen molar-refractivity contribution in [2.75, 3.05) is 11.9 Å². The second-order valence-corrected chi connectivity index (χ2v) is 7.78. The van der Waals surface area contributed by atoms with Crippen LogP contribution >= 0.6 is 35.1 Å². The molecule has 25 heavy (non-hydrogen) atoms. The Balaban J connectivity index is 0.00000312. The number of carbonyl (C=O) groups excluding carboxylic acids is 2. The first-order valence-corrected chi connectivity index (χ1v) is 9.20. The lowest BCUT2D eigenvalue weighted by Crippen LogP contribution is -2.46. The van der Waals surface area contributed by atoms with Crippen LogP contribution in [0.1, 0.15) is 24.5 Å². The van der Waals surface area contributed by atoms with Crippen LogP contribution < -0.4 is 16.4 Å². The quantitative estimate of drug-likeness (QED) is 0.685. The first-order valence-electron chi connectivity index (χ1n) is 7.51. The van der Waals surface area contributed by atoms with Gasteiger partial charge in [0.1, 0.15) is 0 Å². The molecule has 7 nitrogen and oxygen atoms in total. The van der Waals surface area contributed by atoms with Crippen LogP contribution in [0, 0.1) is 19.8 Å². The van der Waals surface area contributed by atoms with Gasteiger partial charge in [-0.25, -0.2) is 9.97 Å². The summed E-state index contributed by atoms with van der Waals surface area (Å²) >= 11 is 2.90. The largest absolute Gasteiger partial charge is 0.346 e. The number of hydrogen-bond acceptors (Lipinski definition) is 7. The zero-order valence-corrected chi connectivity index (χ0v) is 16.9. The molecule has 0 saturated carbocycles. The minimum atomic E-state index is -0.623. The maximum atomic E-state index is 11.9. The van der Waals surface area contributed by atoms with E-state index in [2.05, 4.69) is 20.6 Å². The number of anilines is 1. The summed E-state index contributed by atoms with van der Waals surface area (Å²) in [5.74, 6) is -0.658. The van der Waals surface area contributed by atoms with Crippen LogP contribution in [0.15, 0.2) is 5.38 Å². The highest BCUT2D eigenvalue weighted by molar-refractivity contribution is 7.16. The van der Waals surface area contributed by atoms with E-state index in [0.717, 1.165) is 21.3 Å². The molecule has 0 aliphatic carbocycles. The molecule has 0 spiro atoms. The van der Waals surface area contributed by atoms with Crippen molar-refractivity contribution in [2.24, 2.45) is 11.7 Å². The number of hydrogen-bond donors (Lipinski definition) is 3. The molecule has 138 valence electrons. The fourth-order valence-electron chi connectivity index (χ4n) is 1.96. The Morgan fingerprint density at radius 3 is 2.52 bits per heavy atom. The monoisotopic (exact) mass is 403 g/mol. The number of carbonyl (C=O) groups is 2. The highest BCUT2D eigenvalue weighted by Gasteiger charge is 2.18. The summed E-state index contributed by atoms with van der Waals surface area (Å²) in [6, 6.07) is -0.623. The van der Waals surface area contributed by atoms with Gasteiger partial charge in [0.25, 0.3) is 0 Å². The highest BCUT2D eigenvalue weighted by Crippen LogP contribution is 2.31. The number of rotatable bonds is 6. The third kappa shape index (κ3) is 5.74. The van der Waals surface area contributed by atoms with Crippen LogP contribution in [0.3, 0.4) is 0 Å². The van der Waals surface area contributed by atoms with Crippen molar-refractivity contribution in [3.63, 3.8) is 0 Å². The second kappa shape index (κ2) is 9.23. The van der Waals surface area contributed by atoms with Crippen molar-refractivity contribution in [1.29, 1.82) is 0 Å². The Morgan fingerprint density at radius 1 is 1.28 bits per heavy atom. The molecule has 2 amide bonds. The van der Waals surface area contributed by atoms with E-state index >= 15 is 0 Å². The Bertz CT molecular complexity index is 744. The molecule has 0 saturated heterocycles. The molecule has 0 aliphatic rings. The van der Waals surface area contributed by atoms with E-state index in [1.54, 1.807) is 11.3 Å². The molecule has 0 aromatic carbocycles. The van der Waals surface area contributed by atoms with E-state index in [-0.39, 0.29) is 36.7 Å². The van der Waals surface area contributed by atoms with Crippen molar-refractivity contribution in [3.05, 3.63) is 16.1 Å². The molecule has 2 aromatic rings. The standard InChI is InChI=1S/C15H21N5O2S2.ClH/c1-7(2)12(16)14(22)17-5-11(21)20-15-19-10(6-23-15)13-8(3)18-9(4)24-13;/h6-7,12H,5,16H2,1-4H3,(H,17,22)(H,19,20,21);1H/t12-;/m0./s1. The first-order chi connectivity index (χ1) is 11.3. The number of amides is 2. The molecule has 0 fully saturated rings. The molecule has 2 aromatic heterocycles. The highest BCUT2D eigenvalue weighted by atomic mass is 35.5. The van der Waals surface area contributed by atoms with Crippen molar-refractivity contribution in [1.82, 2.24) is 15.3 Å². The summed E-state index contributed by atoms with van der Waals surface area (Å²) in [4.78, 5) is 33.4. The fourth-order valence-corrected chi connectivity index (χ4v) is 3.63. The van der Waals surface area contributed by atoms with E-state index < -0.39 is 6.04 Å². The summed E-state index contributed by atoms with van der Waals surface area (Å²) in [7, 11) is 0. The molecule has 0 bridgehead atoms. The SMILES string of the molecule is Cc1nc(C)c(-c2csc(NC(=O)CNC(=O)[C@@H](N)C(C)C)n2)s1.Cl. The van der Waals surface area contributed by atoms with Gasteiger partial charge in [-0.15, -0.1) is 35.1 Å². The number of nitrogens with two attached hydrogens (primary N) is 1. The van der Waals surface area contributed by atoms with Crippen LogP contribution in [0.25, 0.3) is 10.6 Å². The van der Waals surface area contributed by atoms with Gasteiger partial charge in [-0.3, -0.25) is 9.59 Å². The predicted octanol–water partition coefficient (Wildman–Crippen LogP) is 2.34. The average molecular weight is 404 g/mol. The average Bonchev–Trinajstić information content (AvgIpc) is 3.09. The molecule has 2 rings (SSSR count). The van der Waals surface area contributed by atoms with Crippen molar-refractivity contribution < 1.29 is 9.59 Å². The van der Waals surface area contributed by atoms with E-state index in [9.17, 15) is 9.59 Å². The third-order valence-corrected chi connectivity index (χ3v) is 5.18. The third-order valence-electron chi connectivity index (χ3n) is 3.33. The molecule has 0 aliphatic heterocycles. The predicted molar refractivity (Wildman–Crippen MR) is 104 cm³/mol. The van der Waals surface area contributed by atoms with Crippen LogP contribution in [0.4, 0.5) is 5.13 Å². The van der Waals surface area contributed by atoms with Gasteiger partial charge in [-0.05, 0) is 19.8 Å². The first kappa shape index (κ1) is 21.5. The zero-order chi connectivity index (χ0) is 17.9. The topological polar surface area (TPSA) is 110 Å². The number of thiazole rings is 2. The minimum absolute atomic E-state index is 0. The van der Waals surface area contributed by atoms with Gasteiger partial charge in [0.05, 0.1) is 33.9 Å². The van der Waals surface area contributed by atoms with Crippen LogP contribution in [0.5, 0.6) is 0 Å². The molecule has 10 heteroatoms. The van der Waals surface area contributed by atoms with Gasteiger partial charge in [0.15, 0.2) is 5.13 Å². The molecular weight excluding hydrogens is 382 g/mol. The molecular formula is C15H22ClN5O2S2. The van der Waals surface area contributed by atoms with E-state index in [0.29, 0.717) is 5.13 Å². The number of aromatic nitrogens is 2. The number of nitrogens with zero attached hydrogens (tertiary/aromatic N) is 2. The van der Waals surface area contributed by atoms with E-state index in [4.69, 9.17) is 5.73 Å². The van der Waals surface area contributed by atoms with Gasteiger partial charge in [-0.1, -0.05) is 13.8 Å². The lowest BCUT2D eigenvalue weighted by atomic mass is 10.1. The normalized spacial score (nSPS) is 11.8. The van der Waals surface area contributed by atoms with Gasteiger partial charge in [-0.2, -0.15) is 0 Å². The number of halogens is 1. The van der Waals surface area contributed by atoms with Gasteiger partial charge in [0.2, 0.25) is 11.8 Å².